The first-order valence-corrected chi connectivity index (χ1v) is 8.45. The standard InChI is InChI=1S/C18H15N3O3S/c1-3-11-10(2)25-18(13(11)9-19)20-17(23)14-8-16(24-21-14)12-6-4-5-7-15(12)22/h4-8,22H,3H2,1-2H3,(H,20,23). The van der Waals surface area contributed by atoms with E-state index in [2.05, 4.69) is 16.5 Å². The Labute approximate surface area is 148 Å². The summed E-state index contributed by atoms with van der Waals surface area (Å²) >= 11 is 1.37. The number of nitriles is 1. The van der Waals surface area contributed by atoms with Gasteiger partial charge < -0.3 is 14.9 Å². The number of phenols is 1. The molecule has 2 aromatic heterocycles. The van der Waals surface area contributed by atoms with Gasteiger partial charge in [-0.3, -0.25) is 4.79 Å². The zero-order valence-corrected chi connectivity index (χ0v) is 14.5. The number of phenolic OH excluding ortho intramolecular Hbond substituents is 1. The average molecular weight is 353 g/mol. The van der Waals surface area contributed by atoms with Gasteiger partial charge in [-0.1, -0.05) is 24.2 Å². The van der Waals surface area contributed by atoms with Crippen molar-refractivity contribution in [3.63, 3.8) is 0 Å². The highest BCUT2D eigenvalue weighted by molar-refractivity contribution is 7.16. The molecule has 3 aromatic rings. The van der Waals surface area contributed by atoms with Gasteiger partial charge in [-0.2, -0.15) is 5.26 Å². The number of carbonyl (C=O) groups is 1. The van der Waals surface area contributed by atoms with E-state index in [1.165, 1.54) is 23.5 Å². The number of aromatic nitrogens is 1. The summed E-state index contributed by atoms with van der Waals surface area (Å²) in [6.07, 6.45) is 0.725. The van der Waals surface area contributed by atoms with Gasteiger partial charge in [-0.15, -0.1) is 11.3 Å². The number of hydrogen-bond acceptors (Lipinski definition) is 6. The lowest BCUT2D eigenvalue weighted by Crippen LogP contribution is -2.12. The molecule has 0 atom stereocenters. The minimum atomic E-state index is -0.467. The van der Waals surface area contributed by atoms with Crippen LogP contribution in [-0.2, 0) is 6.42 Å². The highest BCUT2D eigenvalue weighted by Gasteiger charge is 2.20. The van der Waals surface area contributed by atoms with E-state index in [1.54, 1.807) is 18.2 Å². The predicted octanol–water partition coefficient (Wildman–Crippen LogP) is 4.10. The van der Waals surface area contributed by atoms with E-state index in [9.17, 15) is 15.2 Å². The molecule has 6 nitrogen and oxygen atoms in total. The number of nitrogens with zero attached hydrogens (tertiary/aromatic N) is 2. The highest BCUT2D eigenvalue weighted by Crippen LogP contribution is 2.33. The van der Waals surface area contributed by atoms with E-state index in [4.69, 9.17) is 4.52 Å². The molecule has 1 aromatic carbocycles. The van der Waals surface area contributed by atoms with Gasteiger partial charge in [-0.05, 0) is 31.0 Å². The Hall–Kier alpha value is -3.11. The highest BCUT2D eigenvalue weighted by atomic mass is 32.1. The first kappa shape index (κ1) is 16.7. The summed E-state index contributed by atoms with van der Waals surface area (Å²) in [5, 5.41) is 26.2. The van der Waals surface area contributed by atoms with Gasteiger partial charge in [0.2, 0.25) is 0 Å². The lowest BCUT2D eigenvalue weighted by molar-refractivity contribution is 0.101. The fourth-order valence-corrected chi connectivity index (χ4v) is 3.66. The smallest absolute Gasteiger partial charge is 0.278 e. The van der Waals surface area contributed by atoms with Gasteiger partial charge in [0.15, 0.2) is 11.5 Å². The van der Waals surface area contributed by atoms with Crippen molar-refractivity contribution in [3.05, 3.63) is 52.0 Å². The van der Waals surface area contributed by atoms with Gasteiger partial charge in [0.25, 0.3) is 5.91 Å². The lowest BCUT2D eigenvalue weighted by atomic mass is 10.1. The number of hydrogen-bond donors (Lipinski definition) is 2. The Bertz CT molecular complexity index is 982. The second-order valence-electron chi connectivity index (χ2n) is 5.35. The molecule has 7 heteroatoms. The third kappa shape index (κ3) is 3.12. The number of para-hydroxylation sites is 1. The van der Waals surface area contributed by atoms with Crippen LogP contribution in [0.3, 0.4) is 0 Å². The molecule has 0 aliphatic rings. The monoisotopic (exact) mass is 353 g/mol. The maximum absolute atomic E-state index is 12.4. The quantitative estimate of drug-likeness (QED) is 0.735. The van der Waals surface area contributed by atoms with E-state index in [0.29, 0.717) is 21.9 Å². The van der Waals surface area contributed by atoms with Crippen molar-refractivity contribution < 1.29 is 14.4 Å². The molecule has 1 amide bonds. The maximum Gasteiger partial charge on any atom is 0.278 e. The molecule has 0 bridgehead atoms. The van der Waals surface area contributed by atoms with E-state index >= 15 is 0 Å². The van der Waals surface area contributed by atoms with Crippen molar-refractivity contribution in [1.29, 1.82) is 5.26 Å². The predicted molar refractivity (Wildman–Crippen MR) is 94.7 cm³/mol. The number of thiophene rings is 1. The number of nitrogens with one attached hydrogen (secondary N) is 1. The van der Waals surface area contributed by atoms with Gasteiger partial charge in [-0.25, -0.2) is 0 Å². The Balaban J connectivity index is 1.87. The van der Waals surface area contributed by atoms with Crippen molar-refractivity contribution in [2.75, 3.05) is 5.32 Å². The summed E-state index contributed by atoms with van der Waals surface area (Å²) in [6, 6.07) is 10.2. The summed E-state index contributed by atoms with van der Waals surface area (Å²) in [4.78, 5) is 13.4. The number of rotatable bonds is 4. The maximum atomic E-state index is 12.4. The Morgan fingerprint density at radius 3 is 2.88 bits per heavy atom. The van der Waals surface area contributed by atoms with Crippen molar-refractivity contribution in [2.24, 2.45) is 0 Å². The Kier molecular flexibility index (Phi) is 4.55. The topological polar surface area (TPSA) is 99.2 Å². The molecule has 126 valence electrons. The van der Waals surface area contributed by atoms with Gasteiger partial charge >= 0.3 is 0 Å². The number of aryl methyl sites for hydroxylation is 1. The molecular weight excluding hydrogens is 338 g/mol. The molecular formula is C18H15N3O3S. The molecule has 2 N–H and O–H groups in total. The molecule has 25 heavy (non-hydrogen) atoms. The van der Waals surface area contributed by atoms with Crippen LogP contribution < -0.4 is 5.32 Å². The van der Waals surface area contributed by atoms with Crippen molar-refractivity contribution >= 4 is 22.2 Å². The minimum absolute atomic E-state index is 0.0406. The molecule has 0 saturated carbocycles. The molecule has 0 saturated heterocycles. The van der Waals surface area contributed by atoms with Crippen LogP contribution in [0.2, 0.25) is 0 Å². The molecule has 0 fully saturated rings. The van der Waals surface area contributed by atoms with Gasteiger partial charge in [0, 0.05) is 10.9 Å². The van der Waals surface area contributed by atoms with Crippen LogP contribution in [0.4, 0.5) is 5.00 Å². The molecule has 3 rings (SSSR count). The van der Waals surface area contributed by atoms with Crippen LogP contribution >= 0.6 is 11.3 Å². The summed E-state index contributed by atoms with van der Waals surface area (Å²) in [6.45, 7) is 3.89. The minimum Gasteiger partial charge on any atom is -0.507 e. The molecule has 0 spiro atoms. The number of carbonyl (C=O) groups excluding carboxylic acids is 1. The molecule has 0 radical (unpaired) electrons. The number of amides is 1. The second-order valence-corrected chi connectivity index (χ2v) is 6.58. The normalized spacial score (nSPS) is 10.4. The molecule has 0 aliphatic heterocycles. The summed E-state index contributed by atoms with van der Waals surface area (Å²) in [5.41, 5.74) is 1.96. The van der Waals surface area contributed by atoms with E-state index < -0.39 is 5.91 Å². The fraction of sp³-hybridized carbons (Fsp3) is 0.167. The first-order chi connectivity index (χ1) is 12.0. The zero-order valence-electron chi connectivity index (χ0n) is 13.7. The first-order valence-electron chi connectivity index (χ1n) is 7.64. The van der Waals surface area contributed by atoms with Crippen molar-refractivity contribution in [2.45, 2.75) is 20.3 Å². The third-order valence-corrected chi connectivity index (χ3v) is 4.88. The largest absolute Gasteiger partial charge is 0.507 e. The SMILES string of the molecule is CCc1c(C)sc(NC(=O)c2cc(-c3ccccc3O)on2)c1C#N. The zero-order chi connectivity index (χ0) is 18.0. The lowest BCUT2D eigenvalue weighted by Gasteiger charge is -2.00. The van der Waals surface area contributed by atoms with Crippen molar-refractivity contribution in [1.82, 2.24) is 5.16 Å². The molecule has 2 heterocycles. The van der Waals surface area contributed by atoms with Crippen molar-refractivity contribution in [3.8, 4) is 23.1 Å². The second kappa shape index (κ2) is 6.79. The number of anilines is 1. The van der Waals surface area contributed by atoms with Crippen LogP contribution in [0.25, 0.3) is 11.3 Å². The Morgan fingerprint density at radius 2 is 2.20 bits per heavy atom. The Morgan fingerprint density at radius 1 is 1.44 bits per heavy atom. The van der Waals surface area contributed by atoms with Gasteiger partial charge in [0.05, 0.1) is 11.1 Å². The summed E-state index contributed by atoms with van der Waals surface area (Å²) < 4.78 is 5.16. The summed E-state index contributed by atoms with van der Waals surface area (Å²) in [5.74, 6) is -0.134. The van der Waals surface area contributed by atoms with Gasteiger partial charge in [0.1, 0.15) is 16.8 Å². The molecule has 0 unspecified atom stereocenters. The van der Waals surface area contributed by atoms with Crippen LogP contribution in [0, 0.1) is 18.3 Å². The van der Waals surface area contributed by atoms with Crippen LogP contribution in [0.5, 0.6) is 5.75 Å². The fourth-order valence-electron chi connectivity index (χ4n) is 2.57. The van der Waals surface area contributed by atoms with Crippen LogP contribution in [0.15, 0.2) is 34.9 Å². The van der Waals surface area contributed by atoms with E-state index in [0.717, 1.165) is 16.9 Å². The van der Waals surface area contributed by atoms with Crippen LogP contribution in [0.1, 0.15) is 33.4 Å². The average Bonchev–Trinajstić information content (AvgIpc) is 3.19. The number of benzene rings is 1. The van der Waals surface area contributed by atoms with Crippen LogP contribution in [-0.4, -0.2) is 16.2 Å². The summed E-state index contributed by atoms with van der Waals surface area (Å²) in [7, 11) is 0. The third-order valence-electron chi connectivity index (χ3n) is 3.81. The van der Waals surface area contributed by atoms with E-state index in [-0.39, 0.29) is 11.4 Å². The molecule has 0 aliphatic carbocycles. The van der Waals surface area contributed by atoms with E-state index in [1.807, 2.05) is 13.8 Å². The number of aromatic hydroxyl groups is 1.